The molecule has 0 aromatic carbocycles. The second-order valence-electron chi connectivity index (χ2n) is 7.81. The van der Waals surface area contributed by atoms with E-state index in [-0.39, 0.29) is 23.1 Å². The Morgan fingerprint density at radius 2 is 2.09 bits per heavy atom. The highest BCUT2D eigenvalue weighted by molar-refractivity contribution is 6.74. The summed E-state index contributed by atoms with van der Waals surface area (Å²) >= 11 is 0. The highest BCUT2D eigenvalue weighted by atomic mass is 28.4. The van der Waals surface area contributed by atoms with Gasteiger partial charge in [-0.1, -0.05) is 20.8 Å². The Morgan fingerprint density at radius 1 is 1.36 bits per heavy atom. The summed E-state index contributed by atoms with van der Waals surface area (Å²) in [5.41, 5.74) is 0. The van der Waals surface area contributed by atoms with Gasteiger partial charge in [-0.3, -0.25) is 0 Å². The SMILES string of the molecule is CC(C)(C)[Si](C)(C)OC[C@H]1C[C@@H](Nc2ccncn2)C[C@@H]1O. The molecule has 0 aliphatic heterocycles. The number of anilines is 1. The average Bonchev–Trinajstić information content (AvgIpc) is 2.76. The van der Waals surface area contributed by atoms with Crippen molar-refractivity contribution in [2.45, 2.75) is 63.9 Å². The molecule has 124 valence electrons. The van der Waals surface area contributed by atoms with Crippen LogP contribution in [-0.4, -0.2) is 42.1 Å². The number of rotatable bonds is 5. The summed E-state index contributed by atoms with van der Waals surface area (Å²) in [6, 6.07) is 2.10. The van der Waals surface area contributed by atoms with Crippen LogP contribution >= 0.6 is 0 Å². The highest BCUT2D eigenvalue weighted by Gasteiger charge is 2.40. The van der Waals surface area contributed by atoms with Gasteiger partial charge in [0.25, 0.3) is 0 Å². The molecule has 1 saturated carbocycles. The molecule has 1 fully saturated rings. The Morgan fingerprint density at radius 3 is 2.68 bits per heavy atom. The molecule has 1 heterocycles. The first kappa shape index (κ1) is 17.4. The number of nitrogens with zero attached hydrogens (tertiary/aromatic N) is 2. The van der Waals surface area contributed by atoms with Crippen molar-refractivity contribution in [3.63, 3.8) is 0 Å². The predicted octanol–water partition coefficient (Wildman–Crippen LogP) is 3.05. The average molecular weight is 324 g/mol. The minimum Gasteiger partial charge on any atom is -0.416 e. The topological polar surface area (TPSA) is 67.3 Å². The van der Waals surface area contributed by atoms with Crippen molar-refractivity contribution >= 4 is 14.1 Å². The maximum Gasteiger partial charge on any atom is 0.191 e. The Kier molecular flexibility index (Phi) is 5.24. The van der Waals surface area contributed by atoms with Crippen LogP contribution < -0.4 is 5.32 Å². The number of nitrogens with one attached hydrogen (secondary N) is 1. The number of aliphatic hydroxyl groups excluding tert-OH is 1. The molecule has 5 nitrogen and oxygen atoms in total. The van der Waals surface area contributed by atoms with Gasteiger partial charge in [-0.15, -0.1) is 0 Å². The van der Waals surface area contributed by atoms with Gasteiger partial charge in [0.05, 0.1) is 6.10 Å². The zero-order chi connectivity index (χ0) is 16.4. The first-order valence-electron chi connectivity index (χ1n) is 8.03. The van der Waals surface area contributed by atoms with Crippen LogP contribution in [0.2, 0.25) is 18.1 Å². The molecule has 0 amide bonds. The first-order valence-corrected chi connectivity index (χ1v) is 10.9. The van der Waals surface area contributed by atoms with Gasteiger partial charge in [0, 0.05) is 24.8 Å². The molecule has 3 atom stereocenters. The third-order valence-electron chi connectivity index (χ3n) is 5.06. The maximum atomic E-state index is 10.3. The van der Waals surface area contributed by atoms with Crippen LogP contribution in [0.5, 0.6) is 0 Å². The molecule has 2 N–H and O–H groups in total. The minimum absolute atomic E-state index is 0.202. The monoisotopic (exact) mass is 323 g/mol. The summed E-state index contributed by atoms with van der Waals surface area (Å²) in [4.78, 5) is 8.09. The predicted molar refractivity (Wildman–Crippen MR) is 91.3 cm³/mol. The molecule has 0 bridgehead atoms. The van der Waals surface area contributed by atoms with Gasteiger partial charge in [-0.2, -0.15) is 0 Å². The molecule has 1 aromatic heterocycles. The van der Waals surface area contributed by atoms with E-state index in [9.17, 15) is 5.11 Å². The normalized spacial score (nSPS) is 26.2. The molecule has 1 aliphatic carbocycles. The van der Waals surface area contributed by atoms with E-state index in [1.165, 1.54) is 6.33 Å². The van der Waals surface area contributed by atoms with E-state index in [4.69, 9.17) is 4.43 Å². The fourth-order valence-corrected chi connectivity index (χ4v) is 3.58. The molecule has 1 aliphatic rings. The van der Waals surface area contributed by atoms with Gasteiger partial charge in [-0.05, 0) is 37.0 Å². The Balaban J connectivity index is 1.86. The van der Waals surface area contributed by atoms with Gasteiger partial charge < -0.3 is 14.8 Å². The van der Waals surface area contributed by atoms with Crippen molar-refractivity contribution in [3.05, 3.63) is 18.6 Å². The lowest BCUT2D eigenvalue weighted by molar-refractivity contribution is 0.0939. The van der Waals surface area contributed by atoms with E-state index in [0.717, 1.165) is 18.7 Å². The molecule has 1 aromatic rings. The van der Waals surface area contributed by atoms with Crippen molar-refractivity contribution < 1.29 is 9.53 Å². The zero-order valence-corrected chi connectivity index (χ0v) is 15.3. The third-order valence-corrected chi connectivity index (χ3v) is 9.56. The lowest BCUT2D eigenvalue weighted by Crippen LogP contribution is -2.42. The van der Waals surface area contributed by atoms with Gasteiger partial charge >= 0.3 is 0 Å². The van der Waals surface area contributed by atoms with Gasteiger partial charge in [0.1, 0.15) is 12.1 Å². The van der Waals surface area contributed by atoms with Crippen molar-refractivity contribution in [2.75, 3.05) is 11.9 Å². The minimum atomic E-state index is -1.75. The molecule has 6 heteroatoms. The molecule has 0 unspecified atom stereocenters. The number of hydrogen-bond donors (Lipinski definition) is 2. The van der Waals surface area contributed by atoms with Crippen molar-refractivity contribution in [2.24, 2.45) is 5.92 Å². The van der Waals surface area contributed by atoms with Crippen LogP contribution in [0.3, 0.4) is 0 Å². The van der Waals surface area contributed by atoms with E-state index < -0.39 is 8.32 Å². The Hall–Kier alpha value is -0.983. The summed E-state index contributed by atoms with van der Waals surface area (Å²) in [7, 11) is -1.75. The lowest BCUT2D eigenvalue weighted by atomic mass is 10.1. The largest absolute Gasteiger partial charge is 0.416 e. The standard InChI is InChI=1S/C16H29N3O2Si/c1-16(2,3)22(4,5)21-10-12-8-13(9-14(12)20)19-15-6-7-17-11-18-15/h6-7,11-14,20H,8-10H2,1-5H3,(H,17,18,19)/t12-,13-,14+/m1/s1. The number of aromatic nitrogens is 2. The first-order chi connectivity index (χ1) is 10.2. The second-order valence-corrected chi connectivity index (χ2v) is 12.6. The third kappa shape index (κ3) is 4.27. The van der Waals surface area contributed by atoms with Crippen LogP contribution in [0.4, 0.5) is 5.82 Å². The molecule has 0 spiro atoms. The fourth-order valence-electron chi connectivity index (χ4n) is 2.52. The van der Waals surface area contributed by atoms with E-state index >= 15 is 0 Å². The molecular formula is C16H29N3O2Si. The molecular weight excluding hydrogens is 294 g/mol. The van der Waals surface area contributed by atoms with Crippen LogP contribution in [0.15, 0.2) is 18.6 Å². The summed E-state index contributed by atoms with van der Waals surface area (Å²) in [5.74, 6) is 1.02. The second kappa shape index (κ2) is 6.64. The van der Waals surface area contributed by atoms with Crippen molar-refractivity contribution in [1.82, 2.24) is 9.97 Å². The van der Waals surface area contributed by atoms with Gasteiger partial charge in [-0.25, -0.2) is 9.97 Å². The van der Waals surface area contributed by atoms with E-state index in [1.807, 2.05) is 6.07 Å². The van der Waals surface area contributed by atoms with E-state index in [0.29, 0.717) is 6.61 Å². The lowest BCUT2D eigenvalue weighted by Gasteiger charge is -2.37. The molecule has 0 radical (unpaired) electrons. The van der Waals surface area contributed by atoms with Crippen LogP contribution in [0.1, 0.15) is 33.6 Å². The van der Waals surface area contributed by atoms with Crippen molar-refractivity contribution in [1.29, 1.82) is 0 Å². The summed E-state index contributed by atoms with van der Waals surface area (Å²) in [5, 5.41) is 13.9. The Labute approximate surface area is 134 Å². The summed E-state index contributed by atoms with van der Waals surface area (Å²) in [6.07, 6.45) is 4.61. The van der Waals surface area contributed by atoms with Gasteiger partial charge in [0.15, 0.2) is 8.32 Å². The van der Waals surface area contributed by atoms with Crippen molar-refractivity contribution in [3.8, 4) is 0 Å². The van der Waals surface area contributed by atoms with Crippen LogP contribution in [0.25, 0.3) is 0 Å². The van der Waals surface area contributed by atoms with Crippen LogP contribution in [-0.2, 0) is 4.43 Å². The smallest absolute Gasteiger partial charge is 0.191 e. The molecule has 0 saturated heterocycles. The van der Waals surface area contributed by atoms with Crippen LogP contribution in [0, 0.1) is 5.92 Å². The maximum absolute atomic E-state index is 10.3. The summed E-state index contributed by atoms with van der Waals surface area (Å²) in [6.45, 7) is 11.9. The molecule has 2 rings (SSSR count). The quantitative estimate of drug-likeness (QED) is 0.815. The number of aliphatic hydroxyl groups is 1. The van der Waals surface area contributed by atoms with E-state index in [1.54, 1.807) is 6.20 Å². The highest BCUT2D eigenvalue weighted by Crippen LogP contribution is 2.38. The zero-order valence-electron chi connectivity index (χ0n) is 14.3. The Bertz CT molecular complexity index is 476. The van der Waals surface area contributed by atoms with Gasteiger partial charge in [0.2, 0.25) is 0 Å². The number of hydrogen-bond acceptors (Lipinski definition) is 5. The molecule has 22 heavy (non-hydrogen) atoms. The van der Waals surface area contributed by atoms with E-state index in [2.05, 4.69) is 49.1 Å². The fraction of sp³-hybridized carbons (Fsp3) is 0.750. The summed E-state index contributed by atoms with van der Waals surface area (Å²) < 4.78 is 6.27.